The van der Waals surface area contributed by atoms with Gasteiger partial charge in [0.1, 0.15) is 0 Å². The molecule has 1 fully saturated rings. The minimum Gasteiger partial charge on any atom is -0.351 e. The van der Waals surface area contributed by atoms with E-state index in [1.165, 1.54) is 0 Å². The summed E-state index contributed by atoms with van der Waals surface area (Å²) in [6, 6.07) is 9.62. The Bertz CT molecular complexity index is 686. The summed E-state index contributed by atoms with van der Waals surface area (Å²) < 4.78 is 1.89. The van der Waals surface area contributed by atoms with Gasteiger partial charge in [0.25, 0.3) is 5.91 Å². The highest BCUT2D eigenvalue weighted by molar-refractivity contribution is 5.94. The molecule has 2 heterocycles. The van der Waals surface area contributed by atoms with Crippen LogP contribution in [0.1, 0.15) is 21.7 Å². The summed E-state index contributed by atoms with van der Waals surface area (Å²) in [5.41, 5.74) is 3.72. The van der Waals surface area contributed by atoms with Crippen LogP contribution in [0.3, 0.4) is 0 Å². The minimum atomic E-state index is -0.0231. The molecule has 0 aliphatic carbocycles. The molecule has 1 aliphatic rings. The molecule has 0 radical (unpaired) electrons. The zero-order chi connectivity index (χ0) is 16.9. The van der Waals surface area contributed by atoms with Crippen molar-refractivity contribution in [1.29, 1.82) is 0 Å². The zero-order valence-corrected chi connectivity index (χ0v) is 14.4. The Labute approximate surface area is 142 Å². The Morgan fingerprint density at radius 2 is 1.92 bits per heavy atom. The Morgan fingerprint density at radius 3 is 2.54 bits per heavy atom. The molecule has 2 aromatic rings. The summed E-state index contributed by atoms with van der Waals surface area (Å²) in [5.74, 6) is -0.0231. The van der Waals surface area contributed by atoms with E-state index in [-0.39, 0.29) is 5.91 Å². The lowest BCUT2D eigenvalue weighted by Crippen LogP contribution is -2.46. The average molecular weight is 327 g/mol. The largest absolute Gasteiger partial charge is 0.351 e. The number of rotatable bonds is 5. The van der Waals surface area contributed by atoms with Crippen molar-refractivity contribution < 1.29 is 4.79 Å². The molecule has 0 saturated carbocycles. The van der Waals surface area contributed by atoms with Crippen LogP contribution in [-0.4, -0.2) is 59.9 Å². The number of carbonyl (C=O) groups is 1. The highest BCUT2D eigenvalue weighted by Gasteiger charge is 2.11. The molecule has 1 aromatic heterocycles. The predicted molar refractivity (Wildman–Crippen MR) is 94.7 cm³/mol. The van der Waals surface area contributed by atoms with E-state index >= 15 is 0 Å². The van der Waals surface area contributed by atoms with Crippen molar-refractivity contribution in [2.75, 3.05) is 39.3 Å². The number of aryl methyl sites for hydroxylation is 2. The first-order chi connectivity index (χ1) is 11.6. The number of hydrogen-bond acceptors (Lipinski definition) is 4. The van der Waals surface area contributed by atoms with Crippen molar-refractivity contribution >= 4 is 5.91 Å². The first-order valence-electron chi connectivity index (χ1n) is 8.48. The maximum atomic E-state index is 12.2. The average Bonchev–Trinajstić information content (AvgIpc) is 2.94. The van der Waals surface area contributed by atoms with Gasteiger partial charge in [0, 0.05) is 50.5 Å². The highest BCUT2D eigenvalue weighted by atomic mass is 16.1. The van der Waals surface area contributed by atoms with E-state index in [2.05, 4.69) is 20.6 Å². The van der Waals surface area contributed by atoms with Crippen LogP contribution in [-0.2, 0) is 0 Å². The molecule has 3 rings (SSSR count). The number of nitrogens with zero attached hydrogens (tertiary/aromatic N) is 3. The molecule has 1 saturated heterocycles. The summed E-state index contributed by atoms with van der Waals surface area (Å²) in [4.78, 5) is 14.6. The van der Waals surface area contributed by atoms with Gasteiger partial charge in [-0.25, -0.2) is 4.68 Å². The third kappa shape index (κ3) is 4.01. The van der Waals surface area contributed by atoms with E-state index < -0.39 is 0 Å². The number of piperazine rings is 1. The van der Waals surface area contributed by atoms with Gasteiger partial charge in [-0.15, -0.1) is 0 Å². The van der Waals surface area contributed by atoms with E-state index in [1.54, 1.807) is 0 Å². The summed E-state index contributed by atoms with van der Waals surface area (Å²) in [6.07, 6.45) is 0. The monoisotopic (exact) mass is 327 g/mol. The Hall–Kier alpha value is -2.18. The van der Waals surface area contributed by atoms with Gasteiger partial charge in [0.15, 0.2) is 0 Å². The first-order valence-corrected chi connectivity index (χ1v) is 8.48. The van der Waals surface area contributed by atoms with E-state index in [0.29, 0.717) is 12.1 Å². The summed E-state index contributed by atoms with van der Waals surface area (Å²) >= 11 is 0. The fourth-order valence-corrected chi connectivity index (χ4v) is 3.01. The number of nitrogens with one attached hydrogen (secondary N) is 2. The quantitative estimate of drug-likeness (QED) is 0.864. The van der Waals surface area contributed by atoms with Gasteiger partial charge in [0.2, 0.25) is 0 Å². The van der Waals surface area contributed by atoms with Gasteiger partial charge in [-0.05, 0) is 44.2 Å². The van der Waals surface area contributed by atoms with Gasteiger partial charge in [-0.3, -0.25) is 9.69 Å². The van der Waals surface area contributed by atoms with E-state index in [9.17, 15) is 4.79 Å². The minimum absolute atomic E-state index is 0.0231. The number of aromatic nitrogens is 2. The molecule has 128 valence electrons. The third-order valence-electron chi connectivity index (χ3n) is 4.31. The van der Waals surface area contributed by atoms with Crippen LogP contribution >= 0.6 is 0 Å². The maximum absolute atomic E-state index is 12.2. The molecular weight excluding hydrogens is 302 g/mol. The van der Waals surface area contributed by atoms with Crippen molar-refractivity contribution in [3.05, 3.63) is 47.3 Å². The molecule has 0 bridgehead atoms. The Kier molecular flexibility index (Phi) is 5.27. The predicted octanol–water partition coefficient (Wildman–Crippen LogP) is 1.12. The second-order valence-electron chi connectivity index (χ2n) is 6.23. The van der Waals surface area contributed by atoms with E-state index in [1.807, 2.05) is 48.9 Å². The summed E-state index contributed by atoms with van der Waals surface area (Å²) in [5, 5.41) is 10.8. The third-order valence-corrected chi connectivity index (χ3v) is 4.31. The fourth-order valence-electron chi connectivity index (χ4n) is 3.01. The van der Waals surface area contributed by atoms with Crippen molar-refractivity contribution in [2.24, 2.45) is 0 Å². The molecule has 1 aliphatic heterocycles. The molecule has 2 N–H and O–H groups in total. The molecule has 1 aromatic carbocycles. The number of amides is 1. The molecule has 6 heteroatoms. The fraction of sp³-hybridized carbons (Fsp3) is 0.444. The lowest BCUT2D eigenvalue weighted by molar-refractivity contribution is 0.0947. The Morgan fingerprint density at radius 1 is 1.21 bits per heavy atom. The maximum Gasteiger partial charge on any atom is 0.251 e. The van der Waals surface area contributed by atoms with E-state index in [0.717, 1.165) is 49.8 Å². The number of hydrogen-bond donors (Lipinski definition) is 2. The smallest absolute Gasteiger partial charge is 0.251 e. The van der Waals surface area contributed by atoms with Crippen molar-refractivity contribution in [3.8, 4) is 5.69 Å². The molecule has 24 heavy (non-hydrogen) atoms. The second kappa shape index (κ2) is 7.59. The number of carbonyl (C=O) groups excluding carboxylic acids is 1. The molecule has 0 spiro atoms. The van der Waals surface area contributed by atoms with Crippen LogP contribution in [0.5, 0.6) is 0 Å². The first kappa shape index (κ1) is 16.7. The van der Waals surface area contributed by atoms with Crippen LogP contribution in [0, 0.1) is 13.8 Å². The van der Waals surface area contributed by atoms with Crippen LogP contribution in [0.25, 0.3) is 5.69 Å². The molecule has 1 amide bonds. The summed E-state index contributed by atoms with van der Waals surface area (Å²) in [7, 11) is 0. The highest BCUT2D eigenvalue weighted by Crippen LogP contribution is 2.13. The van der Waals surface area contributed by atoms with Crippen LogP contribution in [0.4, 0.5) is 0 Å². The lowest BCUT2D eigenvalue weighted by Gasteiger charge is -2.27. The lowest BCUT2D eigenvalue weighted by atomic mass is 10.2. The second-order valence-corrected chi connectivity index (χ2v) is 6.23. The zero-order valence-electron chi connectivity index (χ0n) is 14.4. The van der Waals surface area contributed by atoms with Gasteiger partial charge in [0.05, 0.1) is 11.4 Å². The molecular formula is C18H25N5O. The van der Waals surface area contributed by atoms with Crippen LogP contribution in [0.15, 0.2) is 30.3 Å². The van der Waals surface area contributed by atoms with Crippen molar-refractivity contribution in [3.63, 3.8) is 0 Å². The Balaban J connectivity index is 1.54. The van der Waals surface area contributed by atoms with Crippen molar-refractivity contribution in [2.45, 2.75) is 13.8 Å². The molecule has 0 unspecified atom stereocenters. The van der Waals surface area contributed by atoms with Gasteiger partial charge < -0.3 is 10.6 Å². The molecule has 6 nitrogen and oxygen atoms in total. The standard InChI is InChI=1S/C18H25N5O/c1-14-13-15(2)23(21-14)17-5-3-16(4-6-17)18(24)20-9-12-22-10-7-19-8-11-22/h3-6,13,19H,7-12H2,1-2H3,(H,20,24). The van der Waals surface area contributed by atoms with Crippen LogP contribution in [0.2, 0.25) is 0 Å². The van der Waals surface area contributed by atoms with Crippen LogP contribution < -0.4 is 10.6 Å². The van der Waals surface area contributed by atoms with E-state index in [4.69, 9.17) is 0 Å². The van der Waals surface area contributed by atoms with Gasteiger partial charge >= 0.3 is 0 Å². The topological polar surface area (TPSA) is 62.2 Å². The molecule has 0 atom stereocenters. The SMILES string of the molecule is Cc1cc(C)n(-c2ccc(C(=O)NCCN3CCNCC3)cc2)n1. The normalized spacial score (nSPS) is 15.4. The summed E-state index contributed by atoms with van der Waals surface area (Å²) in [6.45, 7) is 9.74. The number of benzene rings is 1. The van der Waals surface area contributed by atoms with Gasteiger partial charge in [-0.2, -0.15) is 5.10 Å². The van der Waals surface area contributed by atoms with Crippen molar-refractivity contribution in [1.82, 2.24) is 25.3 Å². The van der Waals surface area contributed by atoms with Gasteiger partial charge in [-0.1, -0.05) is 0 Å².